The third-order valence-corrected chi connectivity index (χ3v) is 5.39. The minimum atomic E-state index is -3.85. The highest BCUT2D eigenvalue weighted by molar-refractivity contribution is 7.89. The minimum absolute atomic E-state index is 0.0749. The summed E-state index contributed by atoms with van der Waals surface area (Å²) in [4.78, 5) is 14.0. The zero-order valence-electron chi connectivity index (χ0n) is 15.6. The average molecular weight is 392 g/mol. The fraction of sp³-hybridized carbons (Fsp3) is 0.316. The summed E-state index contributed by atoms with van der Waals surface area (Å²) in [5, 5.41) is 0. The molecular formula is C19H24N2O5S. The second-order valence-electron chi connectivity index (χ2n) is 6.00. The lowest BCUT2D eigenvalue weighted by atomic mass is 9.99. The standard InChI is InChI=1S/C19H24N2O5S/c1-4-14(2)15-5-11-18(12-6-15)27(23,24)21-20-19(22)13-26-17-9-7-16(25-3)8-10-17/h5-12,14,21H,4,13H2,1-3H3,(H,20,22)/t14-/m0/s1. The van der Waals surface area contributed by atoms with Gasteiger partial charge < -0.3 is 9.47 Å². The summed E-state index contributed by atoms with van der Waals surface area (Å²) in [5.74, 6) is 0.864. The van der Waals surface area contributed by atoms with Crippen LogP contribution in [0.2, 0.25) is 0 Å². The van der Waals surface area contributed by atoms with Crippen LogP contribution in [0.3, 0.4) is 0 Å². The van der Waals surface area contributed by atoms with Gasteiger partial charge in [0, 0.05) is 0 Å². The number of rotatable bonds is 9. The maximum absolute atomic E-state index is 12.3. The summed E-state index contributed by atoms with van der Waals surface area (Å²) in [6, 6.07) is 13.3. The minimum Gasteiger partial charge on any atom is -0.497 e. The molecule has 0 aliphatic rings. The van der Waals surface area contributed by atoms with E-state index in [9.17, 15) is 13.2 Å². The van der Waals surface area contributed by atoms with Crippen molar-refractivity contribution in [2.24, 2.45) is 0 Å². The van der Waals surface area contributed by atoms with E-state index >= 15 is 0 Å². The van der Waals surface area contributed by atoms with E-state index in [4.69, 9.17) is 9.47 Å². The number of hydrogen-bond donors (Lipinski definition) is 2. The number of amides is 1. The Morgan fingerprint density at radius 3 is 2.19 bits per heavy atom. The van der Waals surface area contributed by atoms with Gasteiger partial charge in [-0.05, 0) is 54.3 Å². The number of benzene rings is 2. The van der Waals surface area contributed by atoms with Gasteiger partial charge in [0.1, 0.15) is 11.5 Å². The number of sulfonamides is 1. The van der Waals surface area contributed by atoms with Gasteiger partial charge in [-0.3, -0.25) is 10.2 Å². The van der Waals surface area contributed by atoms with Gasteiger partial charge in [-0.25, -0.2) is 8.42 Å². The molecule has 0 heterocycles. The molecule has 0 aromatic heterocycles. The Labute approximate surface area is 159 Å². The molecule has 0 unspecified atom stereocenters. The molecule has 2 aromatic rings. The summed E-state index contributed by atoms with van der Waals surface area (Å²) in [6.07, 6.45) is 0.967. The van der Waals surface area contributed by atoms with Gasteiger partial charge in [-0.2, -0.15) is 0 Å². The van der Waals surface area contributed by atoms with Crippen LogP contribution in [0.5, 0.6) is 11.5 Å². The van der Waals surface area contributed by atoms with Gasteiger partial charge in [0.15, 0.2) is 6.61 Å². The van der Waals surface area contributed by atoms with Crippen molar-refractivity contribution in [2.75, 3.05) is 13.7 Å². The fourth-order valence-corrected chi connectivity index (χ4v) is 3.11. The zero-order chi connectivity index (χ0) is 19.9. The van der Waals surface area contributed by atoms with Gasteiger partial charge >= 0.3 is 0 Å². The second kappa shape index (κ2) is 9.38. The van der Waals surface area contributed by atoms with Crippen molar-refractivity contribution < 1.29 is 22.7 Å². The highest BCUT2D eigenvalue weighted by Crippen LogP contribution is 2.20. The topological polar surface area (TPSA) is 93.7 Å². The first kappa shape index (κ1) is 20.7. The molecule has 1 amide bonds. The third kappa shape index (κ3) is 5.97. The summed E-state index contributed by atoms with van der Waals surface area (Å²) in [7, 11) is -2.30. The normalized spacial score (nSPS) is 12.3. The number of ether oxygens (including phenoxy) is 2. The summed E-state index contributed by atoms with van der Waals surface area (Å²) in [5.41, 5.74) is 3.20. The Balaban J connectivity index is 1.87. The van der Waals surface area contributed by atoms with Crippen LogP contribution in [0.25, 0.3) is 0 Å². The molecule has 0 aliphatic heterocycles. The molecule has 146 valence electrons. The lowest BCUT2D eigenvalue weighted by Crippen LogP contribution is -2.43. The predicted molar refractivity (Wildman–Crippen MR) is 102 cm³/mol. The van der Waals surface area contributed by atoms with Crippen LogP contribution in [0, 0.1) is 0 Å². The molecule has 0 bridgehead atoms. The van der Waals surface area contributed by atoms with E-state index < -0.39 is 15.9 Å². The molecule has 0 radical (unpaired) electrons. The highest BCUT2D eigenvalue weighted by atomic mass is 32.2. The molecule has 0 saturated heterocycles. The van der Waals surface area contributed by atoms with E-state index in [-0.39, 0.29) is 11.5 Å². The number of methoxy groups -OCH3 is 1. The summed E-state index contributed by atoms with van der Waals surface area (Å²) >= 11 is 0. The number of carbonyl (C=O) groups excluding carboxylic acids is 1. The molecule has 7 nitrogen and oxygen atoms in total. The largest absolute Gasteiger partial charge is 0.497 e. The van der Waals surface area contributed by atoms with E-state index in [0.717, 1.165) is 12.0 Å². The molecule has 2 N–H and O–H groups in total. The highest BCUT2D eigenvalue weighted by Gasteiger charge is 2.16. The lowest BCUT2D eigenvalue weighted by molar-refractivity contribution is -0.123. The Bertz CT molecular complexity index is 849. The smallest absolute Gasteiger partial charge is 0.272 e. The van der Waals surface area contributed by atoms with Crippen molar-refractivity contribution in [2.45, 2.75) is 31.1 Å². The summed E-state index contributed by atoms with van der Waals surface area (Å²) < 4.78 is 34.8. The Hall–Kier alpha value is -2.58. The van der Waals surface area contributed by atoms with Crippen molar-refractivity contribution >= 4 is 15.9 Å². The Morgan fingerprint density at radius 2 is 1.63 bits per heavy atom. The van der Waals surface area contributed by atoms with E-state index in [1.165, 1.54) is 12.1 Å². The predicted octanol–water partition coefficient (Wildman–Crippen LogP) is 2.60. The number of hydrazine groups is 1. The molecule has 0 spiro atoms. The quantitative estimate of drug-likeness (QED) is 0.640. The maximum atomic E-state index is 12.3. The molecule has 2 aromatic carbocycles. The molecule has 0 saturated carbocycles. The fourth-order valence-electron chi connectivity index (χ4n) is 2.25. The van der Waals surface area contributed by atoms with Crippen molar-refractivity contribution in [3.8, 4) is 11.5 Å². The average Bonchev–Trinajstić information content (AvgIpc) is 2.70. The van der Waals surface area contributed by atoms with Crippen LogP contribution < -0.4 is 19.7 Å². The molecule has 0 fully saturated rings. The van der Waals surface area contributed by atoms with Crippen LogP contribution >= 0.6 is 0 Å². The lowest BCUT2D eigenvalue weighted by Gasteiger charge is -2.12. The van der Waals surface area contributed by atoms with Crippen molar-refractivity contribution in [1.29, 1.82) is 0 Å². The Kier molecular flexibility index (Phi) is 7.20. The van der Waals surface area contributed by atoms with E-state index in [1.807, 2.05) is 0 Å². The first-order valence-corrected chi connectivity index (χ1v) is 10.0. The monoisotopic (exact) mass is 392 g/mol. The number of nitrogens with one attached hydrogen (secondary N) is 2. The maximum Gasteiger partial charge on any atom is 0.272 e. The molecule has 1 atom stereocenters. The van der Waals surface area contributed by atoms with Gasteiger partial charge in [0.2, 0.25) is 0 Å². The van der Waals surface area contributed by atoms with E-state index in [1.54, 1.807) is 43.5 Å². The molecule has 2 rings (SSSR count). The van der Waals surface area contributed by atoms with Crippen LogP contribution in [0.4, 0.5) is 0 Å². The van der Waals surface area contributed by atoms with Gasteiger partial charge in [0.25, 0.3) is 15.9 Å². The third-order valence-electron chi connectivity index (χ3n) is 4.13. The Morgan fingerprint density at radius 1 is 1.04 bits per heavy atom. The summed E-state index contributed by atoms with van der Waals surface area (Å²) in [6.45, 7) is 3.81. The van der Waals surface area contributed by atoms with Crippen LogP contribution in [0.1, 0.15) is 31.7 Å². The number of hydrogen-bond acceptors (Lipinski definition) is 5. The molecular weight excluding hydrogens is 368 g/mol. The molecule has 27 heavy (non-hydrogen) atoms. The van der Waals surface area contributed by atoms with E-state index in [0.29, 0.717) is 17.4 Å². The second-order valence-corrected chi connectivity index (χ2v) is 7.68. The van der Waals surface area contributed by atoms with Gasteiger partial charge in [0.05, 0.1) is 12.0 Å². The van der Waals surface area contributed by atoms with Gasteiger partial charge in [-0.1, -0.05) is 26.0 Å². The van der Waals surface area contributed by atoms with Crippen LogP contribution in [-0.4, -0.2) is 28.0 Å². The number of carbonyl (C=O) groups is 1. The molecule has 0 aliphatic carbocycles. The zero-order valence-corrected chi connectivity index (χ0v) is 16.4. The van der Waals surface area contributed by atoms with Crippen LogP contribution in [-0.2, 0) is 14.8 Å². The van der Waals surface area contributed by atoms with Crippen molar-refractivity contribution in [3.63, 3.8) is 0 Å². The SMILES string of the molecule is CC[C@H](C)c1ccc(S(=O)(=O)NNC(=O)COc2ccc(OC)cc2)cc1. The van der Waals surface area contributed by atoms with Gasteiger partial charge in [-0.15, -0.1) is 4.83 Å². The molecule has 8 heteroatoms. The van der Waals surface area contributed by atoms with E-state index in [2.05, 4.69) is 24.1 Å². The van der Waals surface area contributed by atoms with Crippen molar-refractivity contribution in [1.82, 2.24) is 10.3 Å². The first-order chi connectivity index (χ1) is 12.9. The van der Waals surface area contributed by atoms with Crippen LogP contribution in [0.15, 0.2) is 53.4 Å². The van der Waals surface area contributed by atoms with Crippen molar-refractivity contribution in [3.05, 3.63) is 54.1 Å². The first-order valence-electron chi connectivity index (χ1n) is 8.53.